The fourth-order valence-corrected chi connectivity index (χ4v) is 1.12. The molecule has 0 saturated heterocycles. The Kier molecular flexibility index (Phi) is 3.66. The Hall–Kier alpha value is -0.970. The van der Waals surface area contributed by atoms with Crippen molar-refractivity contribution in [3.63, 3.8) is 0 Å². The SMILES string of the molecule is CC(C)=NOCCc1nncs1. The first-order chi connectivity index (χ1) is 5.79. The summed E-state index contributed by atoms with van der Waals surface area (Å²) in [6.45, 7) is 4.36. The van der Waals surface area contributed by atoms with Crippen molar-refractivity contribution < 1.29 is 4.84 Å². The van der Waals surface area contributed by atoms with Crippen LogP contribution >= 0.6 is 11.3 Å². The molecule has 0 spiro atoms. The maximum Gasteiger partial charge on any atom is 0.123 e. The molecular weight excluding hydrogens is 174 g/mol. The van der Waals surface area contributed by atoms with Crippen molar-refractivity contribution >= 4 is 17.0 Å². The number of hydrogen-bond acceptors (Lipinski definition) is 5. The number of rotatable bonds is 4. The molecule has 0 atom stereocenters. The van der Waals surface area contributed by atoms with E-state index in [0.717, 1.165) is 17.1 Å². The lowest BCUT2D eigenvalue weighted by molar-refractivity contribution is 0.147. The second kappa shape index (κ2) is 4.82. The van der Waals surface area contributed by atoms with Crippen LogP contribution in [0, 0.1) is 0 Å². The van der Waals surface area contributed by atoms with Crippen LogP contribution in [0.2, 0.25) is 0 Å². The maximum absolute atomic E-state index is 5.00. The molecule has 0 aliphatic carbocycles. The van der Waals surface area contributed by atoms with Gasteiger partial charge >= 0.3 is 0 Å². The van der Waals surface area contributed by atoms with Gasteiger partial charge in [0.25, 0.3) is 0 Å². The van der Waals surface area contributed by atoms with E-state index in [0.29, 0.717) is 6.61 Å². The van der Waals surface area contributed by atoms with Gasteiger partial charge in [0.05, 0.1) is 5.71 Å². The Labute approximate surface area is 75.3 Å². The quantitative estimate of drug-likeness (QED) is 0.405. The first-order valence-electron chi connectivity index (χ1n) is 3.67. The summed E-state index contributed by atoms with van der Waals surface area (Å²) in [5.41, 5.74) is 2.64. The minimum absolute atomic E-state index is 0.570. The van der Waals surface area contributed by atoms with E-state index in [1.807, 2.05) is 13.8 Å². The average Bonchev–Trinajstić information content (AvgIpc) is 2.49. The summed E-state index contributed by atoms with van der Waals surface area (Å²) in [4.78, 5) is 5.00. The zero-order valence-corrected chi connectivity index (χ0v) is 7.97. The summed E-state index contributed by atoms with van der Waals surface area (Å²) >= 11 is 1.53. The second-order valence-electron chi connectivity index (χ2n) is 2.45. The molecule has 0 bridgehead atoms. The lowest BCUT2D eigenvalue weighted by atomic mass is 10.5. The molecule has 66 valence electrons. The molecule has 0 amide bonds. The highest BCUT2D eigenvalue weighted by Gasteiger charge is 1.95. The molecule has 12 heavy (non-hydrogen) atoms. The highest BCUT2D eigenvalue weighted by Crippen LogP contribution is 2.01. The third kappa shape index (κ3) is 3.43. The number of aromatic nitrogens is 2. The van der Waals surface area contributed by atoms with E-state index < -0.39 is 0 Å². The molecule has 0 aromatic carbocycles. The van der Waals surface area contributed by atoms with Gasteiger partial charge in [-0.3, -0.25) is 0 Å². The molecule has 0 unspecified atom stereocenters. The van der Waals surface area contributed by atoms with Crippen LogP contribution < -0.4 is 0 Å². The third-order valence-electron chi connectivity index (χ3n) is 1.06. The van der Waals surface area contributed by atoms with Gasteiger partial charge in [-0.1, -0.05) is 5.16 Å². The van der Waals surface area contributed by atoms with Crippen molar-refractivity contribution in [2.45, 2.75) is 20.3 Å². The van der Waals surface area contributed by atoms with Gasteiger partial charge in [0.1, 0.15) is 17.1 Å². The highest BCUT2D eigenvalue weighted by atomic mass is 32.1. The summed E-state index contributed by atoms with van der Waals surface area (Å²) in [6.07, 6.45) is 0.779. The molecule has 0 N–H and O–H groups in total. The Balaban J connectivity index is 2.16. The van der Waals surface area contributed by atoms with Gasteiger partial charge in [-0.2, -0.15) is 0 Å². The predicted molar refractivity (Wildman–Crippen MR) is 48.3 cm³/mol. The lowest BCUT2D eigenvalue weighted by Gasteiger charge is -1.95. The van der Waals surface area contributed by atoms with Gasteiger partial charge in [0, 0.05) is 6.42 Å². The topological polar surface area (TPSA) is 47.4 Å². The lowest BCUT2D eigenvalue weighted by Crippen LogP contribution is -1.95. The minimum atomic E-state index is 0.570. The molecule has 5 heteroatoms. The van der Waals surface area contributed by atoms with Crippen LogP contribution in [0.15, 0.2) is 10.7 Å². The van der Waals surface area contributed by atoms with E-state index in [4.69, 9.17) is 4.84 Å². The molecule has 0 saturated carbocycles. The van der Waals surface area contributed by atoms with E-state index in [2.05, 4.69) is 15.4 Å². The van der Waals surface area contributed by atoms with E-state index in [-0.39, 0.29) is 0 Å². The summed E-state index contributed by atoms with van der Waals surface area (Å²) < 4.78 is 0. The first-order valence-corrected chi connectivity index (χ1v) is 4.55. The van der Waals surface area contributed by atoms with E-state index in [1.54, 1.807) is 5.51 Å². The first kappa shape index (κ1) is 9.12. The average molecular weight is 185 g/mol. The summed E-state index contributed by atoms with van der Waals surface area (Å²) in [6, 6.07) is 0. The predicted octanol–water partition coefficient (Wildman–Crippen LogP) is 1.49. The summed E-state index contributed by atoms with van der Waals surface area (Å²) in [7, 11) is 0. The monoisotopic (exact) mass is 185 g/mol. The van der Waals surface area contributed by atoms with Crippen LogP contribution in [-0.4, -0.2) is 22.5 Å². The molecule has 0 aliphatic heterocycles. The van der Waals surface area contributed by atoms with Crippen LogP contribution in [0.3, 0.4) is 0 Å². The van der Waals surface area contributed by atoms with Crippen molar-refractivity contribution in [3.8, 4) is 0 Å². The van der Waals surface area contributed by atoms with Gasteiger partial charge < -0.3 is 4.84 Å². The Morgan fingerprint density at radius 2 is 2.50 bits per heavy atom. The standard InChI is InChI=1S/C7H11N3OS/c1-6(2)10-11-4-3-7-9-8-5-12-7/h5H,3-4H2,1-2H3. The molecule has 1 aromatic rings. The molecule has 4 nitrogen and oxygen atoms in total. The van der Waals surface area contributed by atoms with Crippen molar-refractivity contribution in [2.75, 3.05) is 6.61 Å². The fourth-order valence-electron chi connectivity index (χ4n) is 0.613. The van der Waals surface area contributed by atoms with Gasteiger partial charge in [-0.25, -0.2) is 0 Å². The normalized spacial score (nSPS) is 9.50. The van der Waals surface area contributed by atoms with Crippen molar-refractivity contribution in [1.82, 2.24) is 10.2 Å². The fraction of sp³-hybridized carbons (Fsp3) is 0.571. The van der Waals surface area contributed by atoms with Gasteiger partial charge in [-0.15, -0.1) is 21.5 Å². The molecule has 0 aliphatic rings. The molecule has 0 fully saturated rings. The van der Waals surface area contributed by atoms with Gasteiger partial charge in [-0.05, 0) is 13.8 Å². The van der Waals surface area contributed by atoms with Crippen LogP contribution in [0.5, 0.6) is 0 Å². The Bertz CT molecular complexity index is 241. The molecule has 1 rings (SSSR count). The summed E-state index contributed by atoms with van der Waals surface area (Å²) in [5, 5.41) is 12.4. The molecule has 0 radical (unpaired) electrons. The van der Waals surface area contributed by atoms with Crippen LogP contribution in [0.4, 0.5) is 0 Å². The number of nitrogens with zero attached hydrogens (tertiary/aromatic N) is 3. The zero-order valence-electron chi connectivity index (χ0n) is 7.15. The third-order valence-corrected chi connectivity index (χ3v) is 1.82. The van der Waals surface area contributed by atoms with Crippen molar-refractivity contribution in [3.05, 3.63) is 10.5 Å². The molecule has 1 heterocycles. The van der Waals surface area contributed by atoms with Crippen LogP contribution in [0.25, 0.3) is 0 Å². The maximum atomic E-state index is 5.00. The largest absolute Gasteiger partial charge is 0.395 e. The van der Waals surface area contributed by atoms with E-state index >= 15 is 0 Å². The van der Waals surface area contributed by atoms with Crippen molar-refractivity contribution in [1.29, 1.82) is 0 Å². The summed E-state index contributed by atoms with van der Waals surface area (Å²) in [5.74, 6) is 0. The highest BCUT2D eigenvalue weighted by molar-refractivity contribution is 7.09. The van der Waals surface area contributed by atoms with Crippen molar-refractivity contribution in [2.24, 2.45) is 5.16 Å². The van der Waals surface area contributed by atoms with Crippen LogP contribution in [0.1, 0.15) is 18.9 Å². The van der Waals surface area contributed by atoms with Gasteiger partial charge in [0.2, 0.25) is 0 Å². The minimum Gasteiger partial charge on any atom is -0.395 e. The zero-order chi connectivity index (χ0) is 8.81. The molecular formula is C7H11N3OS. The smallest absolute Gasteiger partial charge is 0.123 e. The number of hydrogen-bond donors (Lipinski definition) is 0. The number of oxime groups is 1. The Morgan fingerprint density at radius 1 is 1.67 bits per heavy atom. The van der Waals surface area contributed by atoms with Crippen LogP contribution in [-0.2, 0) is 11.3 Å². The van der Waals surface area contributed by atoms with Gasteiger partial charge in [0.15, 0.2) is 0 Å². The van der Waals surface area contributed by atoms with E-state index in [1.165, 1.54) is 11.3 Å². The Morgan fingerprint density at radius 3 is 3.08 bits per heavy atom. The molecule has 1 aromatic heterocycles. The second-order valence-corrected chi connectivity index (χ2v) is 3.37. The van der Waals surface area contributed by atoms with E-state index in [9.17, 15) is 0 Å².